The number of anilines is 1. The number of carbonyl (C=O) groups is 1. The number of nitrogens with zero attached hydrogens (tertiary/aromatic N) is 3. The molecule has 1 fully saturated rings. The van der Waals surface area contributed by atoms with Crippen LogP contribution >= 0.6 is 0 Å². The van der Waals surface area contributed by atoms with Crippen molar-refractivity contribution in [3.05, 3.63) is 34.0 Å². The fraction of sp³-hybridized carbons (Fsp3) is 0.562. The summed E-state index contributed by atoms with van der Waals surface area (Å²) in [5.41, 5.74) is 10.8. The molecular weight excluding hydrogens is 378 g/mol. The maximum Gasteiger partial charge on any atom is 0.351 e. The first-order valence-corrected chi connectivity index (χ1v) is 8.63. The van der Waals surface area contributed by atoms with Crippen LogP contribution in [0, 0.1) is 0 Å². The Morgan fingerprint density at radius 2 is 2.25 bits per heavy atom. The number of carbonyl (C=O) groups excluding carboxylic acids is 1. The van der Waals surface area contributed by atoms with Crippen LogP contribution in [0.25, 0.3) is 0 Å². The van der Waals surface area contributed by atoms with Gasteiger partial charge in [-0.05, 0) is 12.5 Å². The Balaban J connectivity index is 1.78. The number of halogens is 2. The van der Waals surface area contributed by atoms with E-state index in [0.29, 0.717) is 28.8 Å². The second-order valence-electron chi connectivity index (χ2n) is 6.74. The van der Waals surface area contributed by atoms with Gasteiger partial charge in [-0.2, -0.15) is 13.8 Å². The standard InChI is InChI=1S/C16H22F2N6O4/c1-21-9-6-23(4-2-8(9)13(20)26)7-10-12(25)16(17,18)14(28-10)24-5-3-11(19)22-15(24)27/h3,5,10,12,14,21,25H,2,4,6-7H2,1H3,(H2,20,26)(H2,19,22,27)/t10-,12-,14-/m1/s1. The Morgan fingerprint density at radius 1 is 1.54 bits per heavy atom. The lowest BCUT2D eigenvalue weighted by Gasteiger charge is -2.32. The molecule has 3 heterocycles. The van der Waals surface area contributed by atoms with Crippen LogP contribution in [0.5, 0.6) is 0 Å². The number of likely N-dealkylation sites (N-methyl/N-ethyl adjacent to an activating group) is 1. The highest BCUT2D eigenvalue weighted by molar-refractivity contribution is 5.92. The molecule has 1 amide bonds. The van der Waals surface area contributed by atoms with E-state index >= 15 is 0 Å². The van der Waals surface area contributed by atoms with Crippen molar-refractivity contribution in [2.75, 3.05) is 32.4 Å². The second kappa shape index (κ2) is 7.45. The SMILES string of the molecule is CNC1=C(C(N)=O)CCN(C[C@H]2O[C@@H](n3ccc(N)nc3=O)C(F)(F)[C@@H]2O)C1. The fourth-order valence-electron chi connectivity index (χ4n) is 3.45. The van der Waals surface area contributed by atoms with Gasteiger partial charge < -0.3 is 26.6 Å². The molecule has 2 aliphatic heterocycles. The van der Waals surface area contributed by atoms with E-state index < -0.39 is 36.0 Å². The monoisotopic (exact) mass is 400 g/mol. The minimum absolute atomic E-state index is 0.0262. The van der Waals surface area contributed by atoms with Crippen molar-refractivity contribution in [3.63, 3.8) is 0 Å². The van der Waals surface area contributed by atoms with Gasteiger partial charge in [0.25, 0.3) is 0 Å². The average molecular weight is 400 g/mol. The number of alkyl halides is 2. The van der Waals surface area contributed by atoms with Crippen LogP contribution in [-0.2, 0) is 9.53 Å². The molecule has 0 saturated carbocycles. The van der Waals surface area contributed by atoms with Crippen LogP contribution in [0.4, 0.5) is 14.6 Å². The molecule has 0 bridgehead atoms. The minimum atomic E-state index is -3.71. The average Bonchev–Trinajstić information content (AvgIpc) is 2.85. The van der Waals surface area contributed by atoms with Gasteiger partial charge >= 0.3 is 11.6 Å². The molecule has 0 aromatic carbocycles. The number of nitrogens with one attached hydrogen (secondary N) is 1. The lowest BCUT2D eigenvalue weighted by Crippen LogP contribution is -2.46. The quantitative estimate of drug-likeness (QED) is 0.461. The van der Waals surface area contributed by atoms with Gasteiger partial charge in [0.2, 0.25) is 12.1 Å². The van der Waals surface area contributed by atoms with Crippen LogP contribution < -0.4 is 22.5 Å². The summed E-state index contributed by atoms with van der Waals surface area (Å²) >= 11 is 0. The number of rotatable bonds is 5. The number of aliphatic hydroxyl groups excluding tert-OH is 1. The molecule has 3 rings (SSSR count). The third-order valence-corrected chi connectivity index (χ3v) is 4.94. The molecule has 28 heavy (non-hydrogen) atoms. The van der Waals surface area contributed by atoms with Gasteiger partial charge in [-0.15, -0.1) is 0 Å². The summed E-state index contributed by atoms with van der Waals surface area (Å²) in [6.45, 7) is 0.623. The summed E-state index contributed by atoms with van der Waals surface area (Å²) in [7, 11) is 1.63. The van der Waals surface area contributed by atoms with E-state index in [1.807, 2.05) is 0 Å². The summed E-state index contributed by atoms with van der Waals surface area (Å²) in [6.07, 6.45) is -3.98. The van der Waals surface area contributed by atoms with Crippen molar-refractivity contribution in [2.24, 2.45) is 5.73 Å². The number of primary amides is 1. The van der Waals surface area contributed by atoms with Crippen molar-refractivity contribution in [2.45, 2.75) is 30.8 Å². The van der Waals surface area contributed by atoms with E-state index in [-0.39, 0.29) is 18.9 Å². The number of nitrogen functional groups attached to an aromatic ring is 1. The van der Waals surface area contributed by atoms with Crippen molar-refractivity contribution in [3.8, 4) is 0 Å². The summed E-state index contributed by atoms with van der Waals surface area (Å²) < 4.78 is 35.1. The summed E-state index contributed by atoms with van der Waals surface area (Å²) in [4.78, 5) is 28.5. The number of nitrogens with two attached hydrogens (primary N) is 2. The predicted molar refractivity (Wildman–Crippen MR) is 94.1 cm³/mol. The van der Waals surface area contributed by atoms with Crippen molar-refractivity contribution >= 4 is 11.7 Å². The lowest BCUT2D eigenvalue weighted by atomic mass is 10.0. The highest BCUT2D eigenvalue weighted by atomic mass is 19.3. The van der Waals surface area contributed by atoms with Crippen LogP contribution in [-0.4, -0.2) is 70.3 Å². The van der Waals surface area contributed by atoms with E-state index in [9.17, 15) is 23.5 Å². The van der Waals surface area contributed by atoms with Crippen molar-refractivity contribution < 1.29 is 23.4 Å². The molecule has 12 heteroatoms. The minimum Gasteiger partial charge on any atom is -0.390 e. The molecule has 154 valence electrons. The molecule has 0 spiro atoms. The zero-order valence-electron chi connectivity index (χ0n) is 15.1. The van der Waals surface area contributed by atoms with Gasteiger partial charge in [0.05, 0.1) is 0 Å². The Labute approximate surface area is 158 Å². The Hall–Kier alpha value is -2.57. The van der Waals surface area contributed by atoms with Gasteiger partial charge in [-0.25, -0.2) is 4.79 Å². The van der Waals surface area contributed by atoms with Gasteiger partial charge in [0.15, 0.2) is 0 Å². The largest absolute Gasteiger partial charge is 0.390 e. The van der Waals surface area contributed by atoms with E-state index in [1.165, 1.54) is 6.07 Å². The Morgan fingerprint density at radius 3 is 2.86 bits per heavy atom. The lowest BCUT2D eigenvalue weighted by molar-refractivity contribution is -0.140. The van der Waals surface area contributed by atoms with Crippen molar-refractivity contribution in [1.82, 2.24) is 19.8 Å². The first-order chi connectivity index (χ1) is 13.1. The highest BCUT2D eigenvalue weighted by Gasteiger charge is 2.59. The molecule has 0 aliphatic carbocycles. The van der Waals surface area contributed by atoms with E-state index in [1.54, 1.807) is 11.9 Å². The number of hydrogen-bond donors (Lipinski definition) is 4. The van der Waals surface area contributed by atoms with E-state index in [2.05, 4.69) is 10.3 Å². The summed E-state index contributed by atoms with van der Waals surface area (Å²) in [6, 6.07) is 1.19. The third-order valence-electron chi connectivity index (χ3n) is 4.94. The summed E-state index contributed by atoms with van der Waals surface area (Å²) in [5, 5.41) is 13.0. The molecule has 2 aliphatic rings. The van der Waals surface area contributed by atoms with Crippen LogP contribution in [0.3, 0.4) is 0 Å². The normalized spacial score (nSPS) is 27.8. The topological polar surface area (TPSA) is 149 Å². The fourth-order valence-corrected chi connectivity index (χ4v) is 3.45. The Bertz CT molecular complexity index is 858. The van der Waals surface area contributed by atoms with Crippen LogP contribution in [0.2, 0.25) is 0 Å². The van der Waals surface area contributed by atoms with E-state index in [4.69, 9.17) is 16.2 Å². The van der Waals surface area contributed by atoms with Gasteiger partial charge in [0.1, 0.15) is 18.0 Å². The van der Waals surface area contributed by atoms with E-state index in [0.717, 1.165) is 6.20 Å². The first-order valence-electron chi connectivity index (χ1n) is 8.63. The number of aromatic nitrogens is 2. The molecule has 1 saturated heterocycles. The van der Waals surface area contributed by atoms with Gasteiger partial charge in [-0.3, -0.25) is 14.3 Å². The first kappa shape index (κ1) is 20.2. The second-order valence-corrected chi connectivity index (χ2v) is 6.74. The molecule has 1 aromatic heterocycles. The van der Waals surface area contributed by atoms with Gasteiger partial charge in [-0.1, -0.05) is 0 Å². The predicted octanol–water partition coefficient (Wildman–Crippen LogP) is -1.62. The zero-order chi connectivity index (χ0) is 20.6. The third kappa shape index (κ3) is 3.57. The molecular formula is C16H22F2N6O4. The molecule has 1 aromatic rings. The Kier molecular flexibility index (Phi) is 5.37. The maximum atomic E-state index is 14.6. The number of amides is 1. The van der Waals surface area contributed by atoms with Crippen LogP contribution in [0.1, 0.15) is 12.6 Å². The maximum absolute atomic E-state index is 14.6. The van der Waals surface area contributed by atoms with Crippen LogP contribution in [0.15, 0.2) is 28.3 Å². The smallest absolute Gasteiger partial charge is 0.351 e. The number of hydrogen-bond acceptors (Lipinski definition) is 8. The zero-order valence-corrected chi connectivity index (χ0v) is 15.1. The number of ether oxygens (including phenoxy) is 1. The molecule has 0 radical (unpaired) electrons. The molecule has 6 N–H and O–H groups in total. The summed E-state index contributed by atoms with van der Waals surface area (Å²) in [5.74, 6) is -4.35. The molecule has 0 unspecified atom stereocenters. The highest BCUT2D eigenvalue weighted by Crippen LogP contribution is 2.42. The molecule has 3 atom stereocenters. The molecule has 10 nitrogen and oxygen atoms in total. The van der Waals surface area contributed by atoms with Crippen molar-refractivity contribution in [1.29, 1.82) is 0 Å². The van der Waals surface area contributed by atoms with Gasteiger partial charge in [0, 0.05) is 44.1 Å². The number of aliphatic hydroxyl groups is 1.